The molecule has 2 aliphatic carbocycles. The molecule has 0 saturated heterocycles. The molecule has 0 saturated carbocycles. The largest absolute Gasteiger partial charge is 0.310 e. The third-order valence-electron chi connectivity index (χ3n) is 12.4. The second-order valence-electron chi connectivity index (χ2n) is 15.1. The Labute approximate surface area is 320 Å². The molecule has 54 heavy (non-hydrogen) atoms. The molecule has 0 N–H and O–H groups in total. The highest BCUT2D eigenvalue weighted by Gasteiger charge is 2.43. The summed E-state index contributed by atoms with van der Waals surface area (Å²) >= 11 is 1.88. The molecule has 9 aromatic rings. The molecule has 0 fully saturated rings. The van der Waals surface area contributed by atoms with E-state index in [1.54, 1.807) is 0 Å². The first-order valence-corrected chi connectivity index (χ1v) is 19.7. The molecule has 2 heteroatoms. The zero-order valence-corrected chi connectivity index (χ0v) is 31.1. The van der Waals surface area contributed by atoms with Crippen LogP contribution in [-0.2, 0) is 10.8 Å². The smallest absolute Gasteiger partial charge is 0.0543 e. The fourth-order valence-corrected chi connectivity index (χ4v) is 10.9. The predicted octanol–water partition coefficient (Wildman–Crippen LogP) is 14.2. The van der Waals surface area contributed by atoms with Gasteiger partial charge in [-0.25, -0.2) is 0 Å². The van der Waals surface area contributed by atoms with Gasteiger partial charge in [-0.05, 0) is 100 Å². The van der Waals surface area contributed by atoms with Crippen LogP contribution in [0.1, 0.15) is 47.2 Å². The van der Waals surface area contributed by atoms with E-state index in [0.717, 1.165) is 11.4 Å². The van der Waals surface area contributed by atoms with Gasteiger partial charge in [-0.2, -0.15) is 0 Å². The van der Waals surface area contributed by atoms with Gasteiger partial charge in [0.2, 0.25) is 0 Å². The van der Waals surface area contributed by atoms with Gasteiger partial charge in [-0.3, -0.25) is 0 Å². The Kier molecular flexibility index (Phi) is 6.75. The van der Waals surface area contributed by atoms with Gasteiger partial charge in [-0.1, -0.05) is 152 Å². The minimum atomic E-state index is -0.293. The summed E-state index contributed by atoms with van der Waals surface area (Å²) in [6, 6.07) is 70.1. The summed E-state index contributed by atoms with van der Waals surface area (Å²) in [5.41, 5.74) is 16.2. The summed E-state index contributed by atoms with van der Waals surface area (Å²) in [5.74, 6) is 0. The van der Waals surface area contributed by atoms with Crippen molar-refractivity contribution in [3.63, 3.8) is 0 Å². The van der Waals surface area contributed by atoms with E-state index in [0.29, 0.717) is 0 Å². The van der Waals surface area contributed by atoms with Crippen LogP contribution in [0.25, 0.3) is 42.4 Å². The number of benzene rings is 8. The topological polar surface area (TPSA) is 3.24 Å². The molecule has 1 heterocycles. The lowest BCUT2D eigenvalue weighted by molar-refractivity contribution is 0.713. The van der Waals surface area contributed by atoms with E-state index in [9.17, 15) is 0 Å². The van der Waals surface area contributed by atoms with Gasteiger partial charge in [-0.15, -0.1) is 11.3 Å². The van der Waals surface area contributed by atoms with Crippen LogP contribution < -0.4 is 4.90 Å². The van der Waals surface area contributed by atoms with Crippen molar-refractivity contribution < 1.29 is 0 Å². The van der Waals surface area contributed by atoms with Gasteiger partial charge in [0.05, 0.1) is 5.69 Å². The highest BCUT2D eigenvalue weighted by molar-refractivity contribution is 7.25. The normalized spacial score (nSPS) is 18.0. The minimum Gasteiger partial charge on any atom is -0.310 e. The molecule has 0 radical (unpaired) electrons. The van der Waals surface area contributed by atoms with E-state index in [-0.39, 0.29) is 10.8 Å². The standard InChI is InChI=1S/C52H37NS/c1-51(34-16-5-3-6-17-34)43-23-12-9-20-38(43)42-32-36(29-31-45(42)51)53(37-28-30-40-39-21-11-14-27-48(39)54-49(40)33-37)47-26-15-25-46-50(47)41-22-10-13-24-44(41)52(46,2)35-18-7-4-8-19-35/h3-33H,1-2H3. The molecule has 0 aliphatic heterocycles. The lowest BCUT2D eigenvalue weighted by Gasteiger charge is -2.31. The van der Waals surface area contributed by atoms with Crippen LogP contribution in [0.3, 0.4) is 0 Å². The number of hydrogen-bond donors (Lipinski definition) is 0. The van der Waals surface area contributed by atoms with E-state index in [4.69, 9.17) is 0 Å². The van der Waals surface area contributed by atoms with E-state index in [2.05, 4.69) is 207 Å². The zero-order chi connectivity index (χ0) is 36.0. The molecular formula is C52H37NS. The third kappa shape index (κ3) is 4.26. The molecule has 0 spiro atoms. The molecule has 256 valence electrons. The fourth-order valence-electron chi connectivity index (χ4n) is 9.78. The Balaban J connectivity index is 1.19. The van der Waals surface area contributed by atoms with Crippen molar-refractivity contribution in [2.24, 2.45) is 0 Å². The number of fused-ring (bicyclic) bond motifs is 9. The first-order chi connectivity index (χ1) is 26.5. The van der Waals surface area contributed by atoms with Crippen LogP contribution in [0.5, 0.6) is 0 Å². The maximum absolute atomic E-state index is 2.53. The second kappa shape index (κ2) is 11.6. The molecule has 1 aromatic heterocycles. The summed E-state index contributed by atoms with van der Waals surface area (Å²) in [7, 11) is 0. The minimum absolute atomic E-state index is 0.253. The maximum atomic E-state index is 2.53. The summed E-state index contributed by atoms with van der Waals surface area (Å²) < 4.78 is 2.61. The van der Waals surface area contributed by atoms with Crippen LogP contribution >= 0.6 is 11.3 Å². The highest BCUT2D eigenvalue weighted by Crippen LogP contribution is 2.58. The lowest BCUT2D eigenvalue weighted by atomic mass is 9.74. The lowest BCUT2D eigenvalue weighted by Crippen LogP contribution is -2.22. The van der Waals surface area contributed by atoms with Crippen molar-refractivity contribution in [3.05, 3.63) is 221 Å². The molecule has 0 amide bonds. The van der Waals surface area contributed by atoms with E-state index >= 15 is 0 Å². The van der Waals surface area contributed by atoms with Crippen LogP contribution in [0, 0.1) is 0 Å². The quantitative estimate of drug-likeness (QED) is 0.172. The van der Waals surface area contributed by atoms with Crippen molar-refractivity contribution >= 4 is 48.6 Å². The van der Waals surface area contributed by atoms with E-state index in [1.165, 1.54) is 81.5 Å². The summed E-state index contributed by atoms with van der Waals surface area (Å²) in [4.78, 5) is 2.53. The van der Waals surface area contributed by atoms with Gasteiger partial charge < -0.3 is 4.90 Å². The average molecular weight is 708 g/mol. The molecule has 11 rings (SSSR count). The Morgan fingerprint density at radius 3 is 1.69 bits per heavy atom. The number of thiophene rings is 1. The first-order valence-electron chi connectivity index (χ1n) is 18.9. The van der Waals surface area contributed by atoms with Gasteiger partial charge in [0, 0.05) is 47.9 Å². The summed E-state index contributed by atoms with van der Waals surface area (Å²) in [5, 5.41) is 2.62. The van der Waals surface area contributed by atoms with Crippen LogP contribution in [0.4, 0.5) is 17.1 Å². The van der Waals surface area contributed by atoms with Crippen LogP contribution in [0.2, 0.25) is 0 Å². The molecule has 2 aliphatic rings. The van der Waals surface area contributed by atoms with Crippen molar-refractivity contribution in [1.82, 2.24) is 0 Å². The monoisotopic (exact) mass is 707 g/mol. The number of rotatable bonds is 5. The van der Waals surface area contributed by atoms with Gasteiger partial charge in [0.1, 0.15) is 0 Å². The van der Waals surface area contributed by atoms with Crippen molar-refractivity contribution in [2.75, 3.05) is 4.90 Å². The molecule has 1 nitrogen and oxygen atoms in total. The fraction of sp³-hybridized carbons (Fsp3) is 0.0769. The van der Waals surface area contributed by atoms with Crippen molar-refractivity contribution in [1.29, 1.82) is 0 Å². The van der Waals surface area contributed by atoms with E-state index < -0.39 is 0 Å². The predicted molar refractivity (Wildman–Crippen MR) is 229 cm³/mol. The zero-order valence-electron chi connectivity index (χ0n) is 30.3. The van der Waals surface area contributed by atoms with Crippen molar-refractivity contribution in [2.45, 2.75) is 24.7 Å². The van der Waals surface area contributed by atoms with Gasteiger partial charge in [0.15, 0.2) is 0 Å². The molecule has 2 unspecified atom stereocenters. The molecule has 8 aromatic carbocycles. The summed E-state index contributed by atoms with van der Waals surface area (Å²) in [6.45, 7) is 4.80. The average Bonchev–Trinajstić information content (AvgIpc) is 3.83. The highest BCUT2D eigenvalue weighted by atomic mass is 32.1. The molecule has 0 bridgehead atoms. The molecule has 2 atom stereocenters. The molecular weight excluding hydrogens is 671 g/mol. The number of hydrogen-bond acceptors (Lipinski definition) is 2. The number of anilines is 3. The van der Waals surface area contributed by atoms with Gasteiger partial charge in [0.25, 0.3) is 0 Å². The van der Waals surface area contributed by atoms with Gasteiger partial charge >= 0.3 is 0 Å². The number of nitrogens with zero attached hydrogens (tertiary/aromatic N) is 1. The van der Waals surface area contributed by atoms with Crippen molar-refractivity contribution in [3.8, 4) is 22.3 Å². The van der Waals surface area contributed by atoms with Crippen LogP contribution in [0.15, 0.2) is 188 Å². The first kappa shape index (κ1) is 31.3. The summed E-state index contributed by atoms with van der Waals surface area (Å²) in [6.07, 6.45) is 0. The Hall–Kier alpha value is -6.22. The Bertz CT molecular complexity index is 2920. The Morgan fingerprint density at radius 1 is 0.389 bits per heavy atom. The third-order valence-corrected chi connectivity index (χ3v) is 13.6. The SMILES string of the molecule is CC1(c2ccccc2)c2ccccc2-c2cc(N(c3ccc4c(c3)sc3ccccc34)c3cccc4c3-c3ccccc3C4(C)c3ccccc3)ccc21. The van der Waals surface area contributed by atoms with E-state index in [1.807, 2.05) is 11.3 Å². The second-order valence-corrected chi connectivity index (χ2v) is 16.2. The Morgan fingerprint density at radius 2 is 0.926 bits per heavy atom. The van der Waals surface area contributed by atoms with Crippen LogP contribution in [-0.4, -0.2) is 0 Å². The maximum Gasteiger partial charge on any atom is 0.0543 e.